The van der Waals surface area contributed by atoms with Crippen molar-refractivity contribution in [3.05, 3.63) is 23.0 Å². The van der Waals surface area contributed by atoms with Crippen LogP contribution in [0.15, 0.2) is 12.3 Å². The molecule has 98 valence electrons. The molecule has 0 aromatic carbocycles. The largest absolute Gasteiger partial charge is 0.397 e. The van der Waals surface area contributed by atoms with E-state index in [2.05, 4.69) is 10.3 Å². The van der Waals surface area contributed by atoms with Crippen molar-refractivity contribution in [1.82, 2.24) is 10.3 Å². The summed E-state index contributed by atoms with van der Waals surface area (Å²) >= 11 is 5.86. The van der Waals surface area contributed by atoms with Crippen molar-refractivity contribution in [2.75, 3.05) is 5.73 Å². The van der Waals surface area contributed by atoms with Crippen LogP contribution in [-0.4, -0.2) is 28.1 Å². The second-order valence-electron chi connectivity index (χ2n) is 4.54. The molecule has 0 bridgehead atoms. The molecule has 0 radical (unpaired) electrons. The van der Waals surface area contributed by atoms with Crippen molar-refractivity contribution in [3.8, 4) is 0 Å². The van der Waals surface area contributed by atoms with Crippen LogP contribution in [0, 0.1) is 0 Å². The van der Waals surface area contributed by atoms with Gasteiger partial charge in [-0.3, -0.25) is 4.79 Å². The predicted molar refractivity (Wildman–Crippen MR) is 69.4 cm³/mol. The molecule has 2 atom stereocenters. The Morgan fingerprint density at radius 1 is 1.50 bits per heavy atom. The molecule has 18 heavy (non-hydrogen) atoms. The highest BCUT2D eigenvalue weighted by Crippen LogP contribution is 2.20. The Hall–Kier alpha value is -1.33. The second-order valence-corrected chi connectivity index (χ2v) is 4.90. The Morgan fingerprint density at radius 2 is 2.22 bits per heavy atom. The fourth-order valence-electron chi connectivity index (χ4n) is 2.15. The molecule has 1 aliphatic rings. The molecule has 6 heteroatoms. The number of aliphatic hydroxyl groups excluding tert-OH is 1. The van der Waals surface area contributed by atoms with Crippen LogP contribution in [-0.2, 0) is 0 Å². The minimum Gasteiger partial charge on any atom is -0.397 e. The summed E-state index contributed by atoms with van der Waals surface area (Å²) in [5.41, 5.74) is 6.20. The zero-order valence-electron chi connectivity index (χ0n) is 9.90. The summed E-state index contributed by atoms with van der Waals surface area (Å²) in [6.07, 6.45) is 4.40. The molecule has 0 unspecified atom stereocenters. The quantitative estimate of drug-likeness (QED) is 0.707. The highest BCUT2D eigenvalue weighted by atomic mass is 35.5. The van der Waals surface area contributed by atoms with E-state index in [9.17, 15) is 9.90 Å². The van der Waals surface area contributed by atoms with Gasteiger partial charge in [0.25, 0.3) is 5.91 Å². The number of carbonyl (C=O) groups excluding carboxylic acids is 1. The van der Waals surface area contributed by atoms with Gasteiger partial charge >= 0.3 is 0 Å². The highest BCUT2D eigenvalue weighted by molar-refractivity contribution is 6.32. The van der Waals surface area contributed by atoms with Crippen molar-refractivity contribution in [1.29, 1.82) is 0 Å². The summed E-state index contributed by atoms with van der Waals surface area (Å²) in [6, 6.07) is 1.27. The van der Waals surface area contributed by atoms with Crippen molar-refractivity contribution < 1.29 is 9.90 Å². The molecular formula is C12H16ClN3O2. The van der Waals surface area contributed by atoms with Gasteiger partial charge in [-0.25, -0.2) is 4.98 Å². The first-order valence-electron chi connectivity index (χ1n) is 5.98. The van der Waals surface area contributed by atoms with E-state index >= 15 is 0 Å². The number of aromatic nitrogens is 1. The van der Waals surface area contributed by atoms with Gasteiger partial charge in [0.15, 0.2) is 0 Å². The van der Waals surface area contributed by atoms with Crippen LogP contribution in [0.25, 0.3) is 0 Å². The molecule has 5 nitrogen and oxygen atoms in total. The molecule has 1 aromatic heterocycles. The molecule has 1 aromatic rings. The molecule has 1 amide bonds. The van der Waals surface area contributed by atoms with E-state index in [4.69, 9.17) is 17.3 Å². The Morgan fingerprint density at radius 3 is 2.94 bits per heavy atom. The van der Waals surface area contributed by atoms with E-state index in [1.54, 1.807) is 0 Å². The average molecular weight is 270 g/mol. The van der Waals surface area contributed by atoms with E-state index in [0.717, 1.165) is 19.3 Å². The molecule has 1 saturated carbocycles. The average Bonchev–Trinajstić information content (AvgIpc) is 2.35. The number of anilines is 1. The molecule has 1 fully saturated rings. The standard InChI is InChI=1S/C12H16ClN3O2/c13-11-8(5-7(14)6-15-11)12(18)16-9-3-1-2-4-10(9)17/h5-6,9-10,17H,1-4,14H2,(H,16,18)/t9-,10-/m1/s1. The van der Waals surface area contributed by atoms with E-state index in [1.807, 2.05) is 0 Å². The minimum absolute atomic E-state index is 0.118. The molecular weight excluding hydrogens is 254 g/mol. The maximum atomic E-state index is 12.0. The normalized spacial score (nSPS) is 23.7. The van der Waals surface area contributed by atoms with Crippen LogP contribution < -0.4 is 11.1 Å². The van der Waals surface area contributed by atoms with Gasteiger partial charge in [0.05, 0.1) is 29.6 Å². The zero-order chi connectivity index (χ0) is 13.1. The lowest BCUT2D eigenvalue weighted by Crippen LogP contribution is -2.45. The lowest BCUT2D eigenvalue weighted by Gasteiger charge is -2.28. The van der Waals surface area contributed by atoms with Crippen LogP contribution in [0.4, 0.5) is 5.69 Å². The fourth-order valence-corrected chi connectivity index (χ4v) is 2.34. The van der Waals surface area contributed by atoms with Crippen molar-refractivity contribution >= 4 is 23.2 Å². The van der Waals surface area contributed by atoms with Gasteiger partial charge in [-0.2, -0.15) is 0 Å². The van der Waals surface area contributed by atoms with Gasteiger partial charge in [0.1, 0.15) is 5.15 Å². The first-order valence-corrected chi connectivity index (χ1v) is 6.35. The fraction of sp³-hybridized carbons (Fsp3) is 0.500. The molecule has 0 spiro atoms. The van der Waals surface area contributed by atoms with Gasteiger partial charge in [0, 0.05) is 0 Å². The van der Waals surface area contributed by atoms with Crippen LogP contribution >= 0.6 is 11.6 Å². The number of hydrogen-bond acceptors (Lipinski definition) is 4. The molecule has 1 heterocycles. The number of amides is 1. The highest BCUT2D eigenvalue weighted by Gasteiger charge is 2.25. The molecule has 0 saturated heterocycles. The summed E-state index contributed by atoms with van der Waals surface area (Å²) < 4.78 is 0. The van der Waals surface area contributed by atoms with Crippen molar-refractivity contribution in [3.63, 3.8) is 0 Å². The number of nitrogen functional groups attached to an aromatic ring is 1. The summed E-state index contributed by atoms with van der Waals surface area (Å²) in [7, 11) is 0. The number of nitrogens with zero attached hydrogens (tertiary/aromatic N) is 1. The maximum Gasteiger partial charge on any atom is 0.254 e. The van der Waals surface area contributed by atoms with E-state index in [-0.39, 0.29) is 22.7 Å². The summed E-state index contributed by atoms with van der Waals surface area (Å²) in [5.74, 6) is -0.342. The van der Waals surface area contributed by atoms with Crippen LogP contribution in [0.5, 0.6) is 0 Å². The van der Waals surface area contributed by atoms with Crippen LogP contribution in [0.3, 0.4) is 0 Å². The zero-order valence-corrected chi connectivity index (χ0v) is 10.7. The third kappa shape index (κ3) is 2.91. The first-order chi connectivity index (χ1) is 8.58. The molecule has 0 aliphatic heterocycles. The Labute approximate surface area is 110 Å². The maximum absolute atomic E-state index is 12.0. The SMILES string of the molecule is Nc1cnc(Cl)c(C(=O)N[C@@H]2CCCC[C@H]2O)c1. The predicted octanol–water partition coefficient (Wildman–Crippen LogP) is 1.35. The number of carbonyl (C=O) groups is 1. The second kappa shape index (κ2) is 5.54. The summed E-state index contributed by atoms with van der Waals surface area (Å²) in [5, 5.41) is 12.7. The Bertz CT molecular complexity index is 453. The van der Waals surface area contributed by atoms with Gasteiger partial charge in [-0.15, -0.1) is 0 Å². The number of nitrogens with one attached hydrogen (secondary N) is 1. The van der Waals surface area contributed by atoms with E-state index in [0.29, 0.717) is 12.1 Å². The molecule has 4 N–H and O–H groups in total. The van der Waals surface area contributed by atoms with Crippen molar-refractivity contribution in [2.45, 2.75) is 37.8 Å². The molecule has 1 aliphatic carbocycles. The number of nitrogens with two attached hydrogens (primary N) is 1. The van der Waals surface area contributed by atoms with Crippen LogP contribution in [0.1, 0.15) is 36.0 Å². The number of hydrogen-bond donors (Lipinski definition) is 3. The first kappa shape index (κ1) is 13.1. The van der Waals surface area contributed by atoms with E-state index in [1.165, 1.54) is 12.3 Å². The third-order valence-electron chi connectivity index (χ3n) is 3.15. The Kier molecular flexibility index (Phi) is 4.04. The lowest BCUT2D eigenvalue weighted by atomic mass is 9.92. The number of pyridine rings is 1. The summed E-state index contributed by atoms with van der Waals surface area (Å²) in [6.45, 7) is 0. The van der Waals surface area contributed by atoms with Gasteiger partial charge in [0.2, 0.25) is 0 Å². The van der Waals surface area contributed by atoms with Gasteiger partial charge in [-0.05, 0) is 18.9 Å². The van der Waals surface area contributed by atoms with Crippen LogP contribution in [0.2, 0.25) is 5.15 Å². The topological polar surface area (TPSA) is 88.2 Å². The minimum atomic E-state index is -0.490. The number of rotatable bonds is 2. The van der Waals surface area contributed by atoms with Gasteiger partial charge < -0.3 is 16.2 Å². The Balaban J connectivity index is 2.09. The summed E-state index contributed by atoms with van der Waals surface area (Å²) in [4.78, 5) is 15.9. The number of halogens is 1. The van der Waals surface area contributed by atoms with E-state index < -0.39 is 6.10 Å². The third-order valence-corrected chi connectivity index (χ3v) is 3.45. The lowest BCUT2D eigenvalue weighted by molar-refractivity contribution is 0.0717. The van der Waals surface area contributed by atoms with Crippen molar-refractivity contribution in [2.24, 2.45) is 0 Å². The smallest absolute Gasteiger partial charge is 0.254 e. The number of aliphatic hydroxyl groups is 1. The molecule has 2 rings (SSSR count). The van der Waals surface area contributed by atoms with Gasteiger partial charge in [-0.1, -0.05) is 24.4 Å². The monoisotopic (exact) mass is 269 g/mol.